The van der Waals surface area contributed by atoms with E-state index in [4.69, 9.17) is 4.98 Å². The lowest BCUT2D eigenvalue weighted by molar-refractivity contribution is -0.127. The fourth-order valence-electron chi connectivity index (χ4n) is 6.73. The van der Waals surface area contributed by atoms with E-state index in [2.05, 4.69) is 53.7 Å². The Hall–Kier alpha value is -4.72. The van der Waals surface area contributed by atoms with Crippen molar-refractivity contribution in [1.82, 2.24) is 19.7 Å². The van der Waals surface area contributed by atoms with Crippen LogP contribution >= 0.6 is 0 Å². The van der Waals surface area contributed by atoms with Crippen LogP contribution in [0.4, 0.5) is 5.69 Å². The molecule has 1 saturated heterocycles. The van der Waals surface area contributed by atoms with Crippen molar-refractivity contribution in [3.63, 3.8) is 0 Å². The van der Waals surface area contributed by atoms with Gasteiger partial charge in [-0.1, -0.05) is 42.5 Å². The van der Waals surface area contributed by atoms with Gasteiger partial charge in [0.2, 0.25) is 5.91 Å². The second kappa shape index (κ2) is 10.8. The topological polar surface area (TPSA) is 100 Å². The van der Waals surface area contributed by atoms with Gasteiger partial charge in [0.05, 0.1) is 23.6 Å². The Bertz CT molecular complexity index is 1780. The summed E-state index contributed by atoms with van der Waals surface area (Å²) < 4.78 is 1.59. The number of carboxylic acid groups (broad SMARTS) is 1. The van der Waals surface area contributed by atoms with Crippen molar-refractivity contribution < 1.29 is 14.7 Å². The summed E-state index contributed by atoms with van der Waals surface area (Å²) >= 11 is 0. The number of piperidine rings is 1. The van der Waals surface area contributed by atoms with E-state index in [1.165, 1.54) is 28.5 Å². The van der Waals surface area contributed by atoms with Gasteiger partial charge in [-0.15, -0.1) is 0 Å². The maximum atomic E-state index is 12.4. The third-order valence-corrected chi connectivity index (χ3v) is 9.23. The first-order valence-corrected chi connectivity index (χ1v) is 15.1. The molecule has 1 aliphatic heterocycles. The zero-order chi connectivity index (χ0) is 29.7. The van der Waals surface area contributed by atoms with Gasteiger partial charge in [0.15, 0.2) is 5.82 Å². The minimum Gasteiger partial charge on any atom is -0.478 e. The monoisotopic (exact) mass is 573 g/mol. The Labute approximate surface area is 251 Å². The summed E-state index contributed by atoms with van der Waals surface area (Å²) in [5, 5.41) is 17.6. The summed E-state index contributed by atoms with van der Waals surface area (Å²) in [6.07, 6.45) is 8.25. The molecule has 1 fully saturated rings. The summed E-state index contributed by atoms with van der Waals surface area (Å²) in [5.74, 6) is 0.305. The van der Waals surface area contributed by atoms with Gasteiger partial charge in [-0.05, 0) is 92.3 Å². The highest BCUT2D eigenvalue weighted by molar-refractivity contribution is 5.97. The minimum atomic E-state index is -0.998. The Balaban J connectivity index is 1.11. The molecule has 2 aromatic carbocycles. The molecular formula is C35H35N5O3. The van der Waals surface area contributed by atoms with E-state index in [9.17, 15) is 14.7 Å². The maximum absolute atomic E-state index is 12.4. The molecular weight excluding hydrogens is 538 g/mol. The van der Waals surface area contributed by atoms with Gasteiger partial charge in [0.25, 0.3) is 0 Å². The number of aromatic carboxylic acids is 1. The molecule has 4 aromatic rings. The fraction of sp³-hybridized carbons (Fsp3) is 0.314. The van der Waals surface area contributed by atoms with E-state index < -0.39 is 5.97 Å². The summed E-state index contributed by atoms with van der Waals surface area (Å²) in [6, 6.07) is 19.2. The molecule has 0 spiro atoms. The van der Waals surface area contributed by atoms with E-state index in [0.29, 0.717) is 17.4 Å². The molecule has 8 heteroatoms. The van der Waals surface area contributed by atoms with E-state index in [1.807, 2.05) is 29.2 Å². The molecule has 43 heavy (non-hydrogen) atoms. The minimum absolute atomic E-state index is 0.150. The highest BCUT2D eigenvalue weighted by Gasteiger charge is 2.29. The molecule has 218 valence electrons. The number of likely N-dealkylation sites (tertiary alicyclic amines) is 1. The molecule has 2 aliphatic carbocycles. The molecule has 3 heterocycles. The predicted molar refractivity (Wildman–Crippen MR) is 166 cm³/mol. The number of anilines is 1. The van der Waals surface area contributed by atoms with Crippen molar-refractivity contribution in [3.05, 3.63) is 106 Å². The second-order valence-electron chi connectivity index (χ2n) is 11.9. The third-order valence-electron chi connectivity index (χ3n) is 9.23. The summed E-state index contributed by atoms with van der Waals surface area (Å²) in [6.45, 7) is 5.58. The number of benzene rings is 2. The van der Waals surface area contributed by atoms with Crippen LogP contribution in [-0.2, 0) is 11.2 Å². The SMILES string of the molecule is Cc1cc(C2CCN(C(=O)C3=CC3)CC2)ccc1NC1CCc2cccc(-c3cccc(-n4ncc(C(=O)O)c4C)n3)c21. The first-order valence-electron chi connectivity index (χ1n) is 15.1. The molecule has 1 unspecified atom stereocenters. The van der Waals surface area contributed by atoms with Crippen LogP contribution in [0.1, 0.15) is 75.9 Å². The summed E-state index contributed by atoms with van der Waals surface area (Å²) in [5.41, 5.74) is 9.93. The largest absolute Gasteiger partial charge is 0.478 e. The number of amides is 1. The molecule has 1 atom stereocenters. The number of pyridine rings is 1. The van der Waals surface area contributed by atoms with Gasteiger partial charge in [-0.2, -0.15) is 5.10 Å². The molecule has 8 nitrogen and oxygen atoms in total. The van der Waals surface area contributed by atoms with Crippen LogP contribution in [0.25, 0.3) is 17.1 Å². The first kappa shape index (κ1) is 27.1. The molecule has 3 aliphatic rings. The van der Waals surface area contributed by atoms with Crippen molar-refractivity contribution in [1.29, 1.82) is 0 Å². The third kappa shape index (κ3) is 5.11. The Kier molecular flexibility index (Phi) is 6.84. The van der Waals surface area contributed by atoms with Crippen molar-refractivity contribution >= 4 is 17.6 Å². The number of hydrogen-bond donors (Lipinski definition) is 2. The average Bonchev–Trinajstić information content (AvgIpc) is 3.68. The number of carbonyl (C=O) groups excluding carboxylic acids is 1. The Morgan fingerprint density at radius 2 is 1.79 bits per heavy atom. The Morgan fingerprint density at radius 1 is 1.00 bits per heavy atom. The van der Waals surface area contributed by atoms with Crippen LogP contribution in [0.3, 0.4) is 0 Å². The Morgan fingerprint density at radius 3 is 2.51 bits per heavy atom. The molecule has 0 saturated carbocycles. The first-order chi connectivity index (χ1) is 20.9. The number of rotatable bonds is 7. The average molecular weight is 574 g/mol. The lowest BCUT2D eigenvalue weighted by Crippen LogP contribution is -2.37. The number of nitrogens with one attached hydrogen (secondary N) is 1. The van der Waals surface area contributed by atoms with Gasteiger partial charge in [0, 0.05) is 29.9 Å². The summed E-state index contributed by atoms with van der Waals surface area (Å²) in [7, 11) is 0. The van der Waals surface area contributed by atoms with Gasteiger partial charge in [0.1, 0.15) is 5.56 Å². The number of fused-ring (bicyclic) bond motifs is 1. The van der Waals surface area contributed by atoms with Crippen LogP contribution in [0.15, 0.2) is 72.4 Å². The zero-order valence-corrected chi connectivity index (χ0v) is 24.5. The van der Waals surface area contributed by atoms with E-state index in [1.54, 1.807) is 11.6 Å². The zero-order valence-electron chi connectivity index (χ0n) is 24.5. The number of carboxylic acids is 1. The maximum Gasteiger partial charge on any atom is 0.339 e. The van der Waals surface area contributed by atoms with Crippen LogP contribution in [0.5, 0.6) is 0 Å². The second-order valence-corrected chi connectivity index (χ2v) is 11.9. The van der Waals surface area contributed by atoms with E-state index in [-0.39, 0.29) is 17.5 Å². The standard InChI is InChI=1S/C35H35N5O3/c1-21-19-26(23-15-17-39(18-16-23)34(41)25-9-10-25)12-13-29(21)37-31-14-11-24-5-3-6-27(33(24)31)30-7-4-8-32(38-30)40-22(2)28(20-36-40)35(42)43/h3-9,12-13,19-20,23,31,37H,10-11,14-18H2,1-2H3,(H,42,43). The lowest BCUT2D eigenvalue weighted by Gasteiger charge is -2.32. The van der Waals surface area contributed by atoms with Crippen molar-refractivity contribution in [3.8, 4) is 17.1 Å². The number of nitrogens with zero attached hydrogens (tertiary/aromatic N) is 4. The van der Waals surface area contributed by atoms with Crippen molar-refractivity contribution in [2.24, 2.45) is 0 Å². The van der Waals surface area contributed by atoms with Gasteiger partial charge in [-0.25, -0.2) is 14.5 Å². The fourth-order valence-corrected chi connectivity index (χ4v) is 6.73. The van der Waals surface area contributed by atoms with Crippen LogP contribution in [0, 0.1) is 13.8 Å². The van der Waals surface area contributed by atoms with E-state index >= 15 is 0 Å². The number of hydrogen-bond acceptors (Lipinski definition) is 5. The number of carbonyl (C=O) groups is 2. The van der Waals surface area contributed by atoms with E-state index in [0.717, 1.165) is 67.7 Å². The number of aryl methyl sites for hydroxylation is 2. The van der Waals surface area contributed by atoms with Crippen LogP contribution in [0.2, 0.25) is 0 Å². The smallest absolute Gasteiger partial charge is 0.339 e. The number of aromatic nitrogens is 3. The van der Waals surface area contributed by atoms with Gasteiger partial charge < -0.3 is 15.3 Å². The molecule has 2 aromatic heterocycles. The summed E-state index contributed by atoms with van der Waals surface area (Å²) in [4.78, 5) is 30.9. The molecule has 1 amide bonds. The van der Waals surface area contributed by atoms with Crippen LogP contribution < -0.4 is 5.32 Å². The molecule has 0 radical (unpaired) electrons. The predicted octanol–water partition coefficient (Wildman–Crippen LogP) is 6.38. The van der Waals surface area contributed by atoms with Gasteiger partial charge >= 0.3 is 5.97 Å². The quantitative estimate of drug-likeness (QED) is 0.266. The highest BCUT2D eigenvalue weighted by Crippen LogP contribution is 2.41. The normalized spacial score (nSPS) is 17.9. The van der Waals surface area contributed by atoms with Crippen molar-refractivity contribution in [2.45, 2.75) is 57.9 Å². The lowest BCUT2D eigenvalue weighted by atomic mass is 9.88. The molecule has 7 rings (SSSR count). The van der Waals surface area contributed by atoms with Crippen molar-refractivity contribution in [2.75, 3.05) is 18.4 Å². The van der Waals surface area contributed by atoms with Gasteiger partial charge in [-0.3, -0.25) is 4.79 Å². The molecule has 2 N–H and O–H groups in total. The molecule has 0 bridgehead atoms. The number of allylic oxidation sites excluding steroid dienone is 1. The van der Waals surface area contributed by atoms with Crippen LogP contribution in [-0.4, -0.2) is 49.7 Å². The highest BCUT2D eigenvalue weighted by atomic mass is 16.4.